The zero-order valence-corrected chi connectivity index (χ0v) is 18.5. The van der Waals surface area contributed by atoms with Crippen LogP contribution in [0.2, 0.25) is 0 Å². The summed E-state index contributed by atoms with van der Waals surface area (Å²) < 4.78 is 5.81. The van der Waals surface area contributed by atoms with Crippen molar-refractivity contribution in [1.29, 1.82) is 0 Å². The minimum atomic E-state index is -0.925. The Balaban J connectivity index is 0.00000145. The van der Waals surface area contributed by atoms with Crippen LogP contribution < -0.4 is 5.46 Å². The maximum Gasteiger partial charge on any atom is 0.491 e. The minimum Gasteiger partial charge on any atom is -0.423 e. The van der Waals surface area contributed by atoms with Crippen molar-refractivity contribution in [1.82, 2.24) is 0 Å². The second-order valence-corrected chi connectivity index (χ2v) is 7.60. The van der Waals surface area contributed by atoms with Gasteiger partial charge in [0, 0.05) is 17.6 Å². The molecule has 3 heteroatoms. The van der Waals surface area contributed by atoms with E-state index in [0.717, 1.165) is 53.4 Å². The van der Waals surface area contributed by atoms with Crippen molar-refractivity contribution in [2.24, 2.45) is 0 Å². The van der Waals surface area contributed by atoms with Gasteiger partial charge in [0.15, 0.2) is 0 Å². The summed E-state index contributed by atoms with van der Waals surface area (Å²) in [4.78, 5) is 0. The topological polar surface area (TPSA) is 29.5 Å². The highest BCUT2D eigenvalue weighted by Crippen LogP contribution is 2.23. The van der Waals surface area contributed by atoms with Crippen LogP contribution in [0.1, 0.15) is 65.9 Å². The highest BCUT2D eigenvalue weighted by molar-refractivity contribution is 6.60. The molecule has 0 atom stereocenters. The molecule has 0 unspecified atom stereocenters. The molecule has 152 valence electrons. The summed E-state index contributed by atoms with van der Waals surface area (Å²) in [5.74, 6) is 6.50. The molecular formula is C26H33BO2. The van der Waals surface area contributed by atoms with Crippen molar-refractivity contribution in [3.8, 4) is 23.0 Å². The largest absolute Gasteiger partial charge is 0.491 e. The normalized spacial score (nSPS) is 13.2. The number of benzene rings is 2. The molecule has 0 saturated heterocycles. The Hall–Kier alpha value is -2.28. The third-order valence-corrected chi connectivity index (χ3v) is 5.06. The monoisotopic (exact) mass is 388 g/mol. The second kappa shape index (κ2) is 11.1. The predicted octanol–water partition coefficient (Wildman–Crippen LogP) is 5.84. The maximum absolute atomic E-state index is 10.5. The van der Waals surface area contributed by atoms with Gasteiger partial charge in [-0.3, -0.25) is 0 Å². The molecule has 3 rings (SSSR count). The molecule has 1 N–H and O–H groups in total. The van der Waals surface area contributed by atoms with Gasteiger partial charge in [-0.25, -0.2) is 0 Å². The summed E-state index contributed by atoms with van der Waals surface area (Å²) >= 11 is 0. The van der Waals surface area contributed by atoms with E-state index < -0.39 is 7.12 Å². The first kappa shape index (κ1) is 23.0. The van der Waals surface area contributed by atoms with Gasteiger partial charge < -0.3 is 9.68 Å². The lowest BCUT2D eigenvalue weighted by atomic mass is 9.77. The van der Waals surface area contributed by atoms with E-state index in [1.165, 1.54) is 0 Å². The maximum atomic E-state index is 10.5. The summed E-state index contributed by atoms with van der Waals surface area (Å²) in [6, 6.07) is 16.4. The van der Waals surface area contributed by atoms with Crippen molar-refractivity contribution >= 4 is 18.2 Å². The zero-order valence-electron chi connectivity index (χ0n) is 18.5. The van der Waals surface area contributed by atoms with Gasteiger partial charge in [0.1, 0.15) is 0 Å². The van der Waals surface area contributed by atoms with E-state index in [1.807, 2.05) is 45.9 Å². The molecule has 0 spiro atoms. The quantitative estimate of drug-likeness (QED) is 0.497. The lowest BCUT2D eigenvalue weighted by molar-refractivity contribution is 0.0838. The first-order valence-electron chi connectivity index (χ1n) is 10.7. The summed E-state index contributed by atoms with van der Waals surface area (Å²) in [5.41, 5.74) is 4.89. The van der Waals surface area contributed by atoms with E-state index in [2.05, 4.69) is 55.2 Å². The summed E-state index contributed by atoms with van der Waals surface area (Å²) in [7, 11) is -0.925. The molecule has 0 saturated carbocycles. The molecule has 1 aliphatic carbocycles. The van der Waals surface area contributed by atoms with Crippen LogP contribution in [-0.4, -0.2) is 17.7 Å². The predicted molar refractivity (Wildman–Crippen MR) is 126 cm³/mol. The molecule has 0 bridgehead atoms. The van der Waals surface area contributed by atoms with Gasteiger partial charge in [-0.1, -0.05) is 87.2 Å². The fourth-order valence-electron chi connectivity index (χ4n) is 3.00. The molecule has 0 radical (unpaired) electrons. The average molecular weight is 388 g/mol. The molecule has 0 fully saturated rings. The summed E-state index contributed by atoms with van der Waals surface area (Å²) in [6.45, 7) is 10.0. The van der Waals surface area contributed by atoms with Crippen molar-refractivity contribution in [2.75, 3.05) is 0 Å². The van der Waals surface area contributed by atoms with Crippen LogP contribution in [0.5, 0.6) is 0 Å². The number of hydrogen-bond donors (Lipinski definition) is 1. The van der Waals surface area contributed by atoms with Crippen molar-refractivity contribution in [3.05, 3.63) is 60.2 Å². The van der Waals surface area contributed by atoms with Crippen LogP contribution in [0, 0.1) is 11.8 Å². The van der Waals surface area contributed by atoms with Gasteiger partial charge in [-0.05, 0) is 55.3 Å². The van der Waals surface area contributed by atoms with E-state index in [9.17, 15) is 5.02 Å². The number of hydrogen-bond acceptors (Lipinski definition) is 2. The smallest absolute Gasteiger partial charge is 0.423 e. The van der Waals surface area contributed by atoms with Crippen LogP contribution in [0.4, 0.5) is 0 Å². The molecule has 2 nitrogen and oxygen atoms in total. The van der Waals surface area contributed by atoms with Crippen LogP contribution in [0.3, 0.4) is 0 Å². The van der Waals surface area contributed by atoms with Gasteiger partial charge in [0.2, 0.25) is 0 Å². The Morgan fingerprint density at radius 2 is 1.72 bits per heavy atom. The fraction of sp³-hybridized carbons (Fsp3) is 0.385. The van der Waals surface area contributed by atoms with Crippen LogP contribution in [0.25, 0.3) is 16.7 Å². The van der Waals surface area contributed by atoms with Crippen LogP contribution >= 0.6 is 0 Å². The molecule has 0 amide bonds. The highest BCUT2D eigenvalue weighted by Gasteiger charge is 2.26. The number of allylic oxidation sites excluding steroid dienone is 2. The second-order valence-electron chi connectivity index (χ2n) is 7.60. The van der Waals surface area contributed by atoms with Gasteiger partial charge in [-0.2, -0.15) is 0 Å². The van der Waals surface area contributed by atoms with Gasteiger partial charge in [0.25, 0.3) is 0 Å². The molecule has 29 heavy (non-hydrogen) atoms. The third-order valence-electron chi connectivity index (χ3n) is 5.06. The fourth-order valence-corrected chi connectivity index (χ4v) is 3.00. The van der Waals surface area contributed by atoms with Crippen LogP contribution in [0.15, 0.2) is 54.6 Å². The number of rotatable bonds is 6. The van der Waals surface area contributed by atoms with E-state index in [1.54, 1.807) is 0 Å². The van der Waals surface area contributed by atoms with E-state index >= 15 is 0 Å². The highest BCUT2D eigenvalue weighted by atomic mass is 16.5. The third kappa shape index (κ3) is 6.63. The molecular weight excluding hydrogens is 355 g/mol. The van der Waals surface area contributed by atoms with E-state index in [4.69, 9.17) is 4.65 Å². The van der Waals surface area contributed by atoms with Gasteiger partial charge >= 0.3 is 7.12 Å². The lowest BCUT2D eigenvalue weighted by Gasteiger charge is -2.26. The van der Waals surface area contributed by atoms with E-state index in [-0.39, 0.29) is 5.60 Å². The standard InChI is InChI=1S/C24H27BO2.C2H6/c1-4-24(2,3)27-25(26)23-13-9-12-22(18-23)21-16-14-20(15-17-21)19-10-7-5-6-8-11-19;1-2/h9-10,12-18,26H,4-7H2,1-3H3;1-2H3. The summed E-state index contributed by atoms with van der Waals surface area (Å²) in [6.07, 6.45) is 6.26. The zero-order chi connectivity index (χ0) is 21.3. The van der Waals surface area contributed by atoms with Gasteiger partial charge in [-0.15, -0.1) is 0 Å². The SMILES string of the molecule is CC.CCC(C)(C)OB(O)c1cccc(-c2ccc(C3=CCCCC#C3)cc2)c1. The van der Waals surface area contributed by atoms with Crippen molar-refractivity contribution in [3.63, 3.8) is 0 Å². The van der Waals surface area contributed by atoms with Gasteiger partial charge in [0.05, 0.1) is 0 Å². The Labute approximate surface area is 177 Å². The van der Waals surface area contributed by atoms with Crippen molar-refractivity contribution in [2.45, 2.75) is 65.9 Å². The average Bonchev–Trinajstić information content (AvgIpc) is 3.05. The molecule has 2 aromatic carbocycles. The van der Waals surface area contributed by atoms with Crippen molar-refractivity contribution < 1.29 is 9.68 Å². The first-order valence-corrected chi connectivity index (χ1v) is 10.7. The molecule has 2 aromatic rings. The Morgan fingerprint density at radius 1 is 1.03 bits per heavy atom. The van der Waals surface area contributed by atoms with Crippen LogP contribution in [-0.2, 0) is 4.65 Å². The Morgan fingerprint density at radius 3 is 2.41 bits per heavy atom. The molecule has 1 aliphatic rings. The Bertz CT molecular complexity index is 870. The minimum absolute atomic E-state index is 0.357. The molecule has 0 aliphatic heterocycles. The molecule has 0 aromatic heterocycles. The summed E-state index contributed by atoms with van der Waals surface area (Å²) in [5, 5.41) is 10.5. The van der Waals surface area contributed by atoms with E-state index in [0.29, 0.717) is 0 Å². The lowest BCUT2D eigenvalue weighted by Crippen LogP contribution is -2.41. The Kier molecular flexibility index (Phi) is 8.77. The molecule has 0 heterocycles. The first-order chi connectivity index (χ1) is 14.0.